The molecule has 0 aliphatic carbocycles. The second-order valence-corrected chi connectivity index (χ2v) is 2.46. The highest BCUT2D eigenvalue weighted by Crippen LogP contribution is 2.17. The van der Waals surface area contributed by atoms with E-state index in [0.29, 0.717) is 16.7 Å². The van der Waals surface area contributed by atoms with E-state index in [1.54, 1.807) is 18.5 Å². The van der Waals surface area contributed by atoms with E-state index in [0.717, 1.165) is 0 Å². The second kappa shape index (κ2) is 2.43. The fourth-order valence-corrected chi connectivity index (χ4v) is 0.976. The Labute approximate surface area is 68.0 Å². The predicted octanol–water partition coefficient (Wildman–Crippen LogP) is 2.32. The van der Waals surface area contributed by atoms with Gasteiger partial charge in [0.25, 0.3) is 0 Å². The molecule has 1 N–H and O–H groups in total. The van der Waals surface area contributed by atoms with Gasteiger partial charge in [0.1, 0.15) is 5.15 Å². The summed E-state index contributed by atoms with van der Waals surface area (Å²) >= 11 is 5.62. The number of aromatic amines is 1. The summed E-state index contributed by atoms with van der Waals surface area (Å²) in [7, 11) is 0. The molecule has 0 saturated heterocycles. The van der Waals surface area contributed by atoms with Crippen LogP contribution in [-0.4, -0.2) is 9.97 Å². The van der Waals surface area contributed by atoms with Crippen molar-refractivity contribution >= 4 is 11.6 Å². The topological polar surface area (TPSA) is 41.8 Å². The molecule has 2 aromatic rings. The van der Waals surface area contributed by atoms with E-state index >= 15 is 0 Å². The third-order valence-corrected chi connectivity index (χ3v) is 1.49. The lowest BCUT2D eigenvalue weighted by atomic mass is 10.4. The molecule has 56 valence electrons. The maximum Gasteiger partial charge on any atom is 0.174 e. The van der Waals surface area contributed by atoms with Crippen LogP contribution in [0.2, 0.25) is 5.15 Å². The van der Waals surface area contributed by atoms with Gasteiger partial charge < -0.3 is 9.40 Å². The van der Waals surface area contributed by atoms with E-state index in [-0.39, 0.29) is 0 Å². The van der Waals surface area contributed by atoms with Crippen molar-refractivity contribution in [3.63, 3.8) is 0 Å². The minimum atomic E-state index is 0.511. The van der Waals surface area contributed by atoms with Gasteiger partial charge in [-0.25, -0.2) is 4.98 Å². The lowest BCUT2D eigenvalue weighted by Crippen LogP contribution is -1.73. The molecule has 0 amide bonds. The van der Waals surface area contributed by atoms with Gasteiger partial charge in [0.05, 0.1) is 12.5 Å². The van der Waals surface area contributed by atoms with Crippen molar-refractivity contribution in [2.45, 2.75) is 0 Å². The van der Waals surface area contributed by atoms with E-state index < -0.39 is 0 Å². The standard InChI is InChI=1S/C7H5ClN2O/c8-6-4-9-7(10-6)5-2-1-3-11-5/h1-4H,(H,9,10). The molecule has 0 bridgehead atoms. The molecule has 3 nitrogen and oxygen atoms in total. The van der Waals surface area contributed by atoms with E-state index in [4.69, 9.17) is 16.0 Å². The Morgan fingerprint density at radius 2 is 2.45 bits per heavy atom. The van der Waals surface area contributed by atoms with Crippen LogP contribution in [-0.2, 0) is 0 Å². The van der Waals surface area contributed by atoms with Crippen molar-refractivity contribution in [1.29, 1.82) is 0 Å². The van der Waals surface area contributed by atoms with Gasteiger partial charge in [-0.2, -0.15) is 0 Å². The number of nitrogens with zero attached hydrogens (tertiary/aromatic N) is 1. The van der Waals surface area contributed by atoms with E-state index in [1.165, 1.54) is 0 Å². The molecule has 0 unspecified atom stereocenters. The van der Waals surface area contributed by atoms with Gasteiger partial charge >= 0.3 is 0 Å². The molecule has 2 heterocycles. The Kier molecular flexibility index (Phi) is 1.43. The summed E-state index contributed by atoms with van der Waals surface area (Å²) in [5.41, 5.74) is 0. The molecule has 2 aromatic heterocycles. The average molecular weight is 169 g/mol. The van der Waals surface area contributed by atoms with Gasteiger partial charge in [-0.05, 0) is 12.1 Å². The first-order valence-electron chi connectivity index (χ1n) is 3.10. The normalized spacial score (nSPS) is 10.3. The van der Waals surface area contributed by atoms with Crippen LogP contribution in [0.25, 0.3) is 11.6 Å². The number of aromatic nitrogens is 2. The molecule has 0 aromatic carbocycles. The smallest absolute Gasteiger partial charge is 0.174 e. The van der Waals surface area contributed by atoms with Gasteiger partial charge in [-0.15, -0.1) is 0 Å². The number of imidazole rings is 1. The average Bonchev–Trinajstić information content (AvgIpc) is 2.55. The summed E-state index contributed by atoms with van der Waals surface area (Å²) in [4.78, 5) is 6.82. The zero-order valence-electron chi connectivity index (χ0n) is 5.54. The molecule has 0 aliphatic heterocycles. The maximum atomic E-state index is 5.62. The van der Waals surface area contributed by atoms with Crippen molar-refractivity contribution in [3.05, 3.63) is 29.7 Å². The van der Waals surface area contributed by atoms with Gasteiger partial charge in [0.15, 0.2) is 11.6 Å². The molecular weight excluding hydrogens is 164 g/mol. The van der Waals surface area contributed by atoms with E-state index in [9.17, 15) is 0 Å². The Balaban J connectivity index is 2.45. The molecule has 0 aliphatic rings. The number of hydrogen-bond donors (Lipinski definition) is 1. The summed E-state index contributed by atoms with van der Waals surface area (Å²) in [5, 5.41) is 0.511. The number of rotatable bonds is 1. The number of hydrogen-bond acceptors (Lipinski definition) is 2. The van der Waals surface area contributed by atoms with Crippen LogP contribution in [0.1, 0.15) is 0 Å². The maximum absolute atomic E-state index is 5.62. The molecule has 0 spiro atoms. The first-order valence-corrected chi connectivity index (χ1v) is 3.48. The van der Waals surface area contributed by atoms with Crippen LogP contribution in [0, 0.1) is 0 Å². The van der Waals surface area contributed by atoms with Crippen LogP contribution in [0.3, 0.4) is 0 Å². The van der Waals surface area contributed by atoms with Crippen LogP contribution < -0.4 is 0 Å². The Morgan fingerprint density at radius 1 is 1.55 bits per heavy atom. The number of halogens is 1. The Bertz CT molecular complexity index is 339. The molecule has 11 heavy (non-hydrogen) atoms. The number of H-pyrrole nitrogens is 1. The molecule has 2 rings (SSSR count). The molecular formula is C7H5ClN2O. The first-order chi connectivity index (χ1) is 5.36. The van der Waals surface area contributed by atoms with Crippen LogP contribution in [0.15, 0.2) is 29.0 Å². The summed E-state index contributed by atoms with van der Waals surface area (Å²) in [5.74, 6) is 1.34. The monoisotopic (exact) mass is 168 g/mol. The van der Waals surface area contributed by atoms with Crippen molar-refractivity contribution < 1.29 is 4.42 Å². The molecule has 0 radical (unpaired) electrons. The van der Waals surface area contributed by atoms with Crippen molar-refractivity contribution in [2.75, 3.05) is 0 Å². The van der Waals surface area contributed by atoms with Crippen molar-refractivity contribution in [1.82, 2.24) is 9.97 Å². The zero-order valence-corrected chi connectivity index (χ0v) is 6.30. The van der Waals surface area contributed by atoms with Gasteiger partial charge in [0, 0.05) is 0 Å². The van der Waals surface area contributed by atoms with Gasteiger partial charge in [-0.1, -0.05) is 11.6 Å². The van der Waals surface area contributed by atoms with Gasteiger partial charge in [0.2, 0.25) is 0 Å². The number of furan rings is 1. The lowest BCUT2D eigenvalue weighted by molar-refractivity contribution is 0.578. The minimum absolute atomic E-state index is 0.511. The highest BCUT2D eigenvalue weighted by molar-refractivity contribution is 6.29. The van der Waals surface area contributed by atoms with Gasteiger partial charge in [-0.3, -0.25) is 0 Å². The summed E-state index contributed by atoms with van der Waals surface area (Å²) in [6.07, 6.45) is 3.13. The Morgan fingerprint density at radius 3 is 3.00 bits per heavy atom. The SMILES string of the molecule is Clc1cnc(-c2ccco2)[nH]1. The summed E-state index contributed by atoms with van der Waals surface area (Å²) < 4.78 is 5.08. The van der Waals surface area contributed by atoms with E-state index in [1.807, 2.05) is 6.07 Å². The highest BCUT2D eigenvalue weighted by Gasteiger charge is 2.02. The van der Waals surface area contributed by atoms with E-state index in [2.05, 4.69) is 9.97 Å². The first kappa shape index (κ1) is 6.49. The molecule has 4 heteroatoms. The highest BCUT2D eigenvalue weighted by atomic mass is 35.5. The third kappa shape index (κ3) is 1.14. The molecule has 0 fully saturated rings. The molecule has 0 atom stereocenters. The summed E-state index contributed by atoms with van der Waals surface area (Å²) in [6.45, 7) is 0. The van der Waals surface area contributed by atoms with Crippen LogP contribution in [0.4, 0.5) is 0 Å². The third-order valence-electron chi connectivity index (χ3n) is 1.30. The van der Waals surface area contributed by atoms with Crippen LogP contribution in [0.5, 0.6) is 0 Å². The number of nitrogens with one attached hydrogen (secondary N) is 1. The molecule has 0 saturated carbocycles. The minimum Gasteiger partial charge on any atom is -0.461 e. The largest absolute Gasteiger partial charge is 0.461 e. The van der Waals surface area contributed by atoms with Crippen LogP contribution >= 0.6 is 11.6 Å². The Hall–Kier alpha value is -1.22. The fraction of sp³-hybridized carbons (Fsp3) is 0. The lowest BCUT2D eigenvalue weighted by Gasteiger charge is -1.85. The second-order valence-electron chi connectivity index (χ2n) is 2.06. The van der Waals surface area contributed by atoms with Crippen molar-refractivity contribution in [2.24, 2.45) is 0 Å². The summed E-state index contributed by atoms with van der Waals surface area (Å²) in [6, 6.07) is 3.61. The quantitative estimate of drug-likeness (QED) is 0.710. The predicted molar refractivity (Wildman–Crippen MR) is 41.3 cm³/mol. The zero-order chi connectivity index (χ0) is 7.68. The van der Waals surface area contributed by atoms with Crippen molar-refractivity contribution in [3.8, 4) is 11.6 Å². The fourth-order valence-electron chi connectivity index (χ4n) is 0.837.